The topological polar surface area (TPSA) is 54.9 Å². The van der Waals surface area contributed by atoms with Crippen LogP contribution in [-0.4, -0.2) is 15.9 Å². The van der Waals surface area contributed by atoms with Crippen LogP contribution in [0, 0.1) is 0 Å². The summed E-state index contributed by atoms with van der Waals surface area (Å²) in [6.45, 7) is 0. The van der Waals surface area contributed by atoms with E-state index in [2.05, 4.69) is 31.2 Å². The van der Waals surface area contributed by atoms with Crippen LogP contribution in [0.4, 0.5) is 19.0 Å². The van der Waals surface area contributed by atoms with Crippen molar-refractivity contribution in [1.82, 2.24) is 9.97 Å². The molecule has 0 radical (unpaired) electrons. The van der Waals surface area contributed by atoms with E-state index in [4.69, 9.17) is 11.6 Å². The minimum Gasteiger partial charge on any atom is -0.306 e. The lowest BCUT2D eigenvalue weighted by Crippen LogP contribution is -2.15. The lowest BCUT2D eigenvalue weighted by atomic mass is 10.1. The second-order valence-corrected chi connectivity index (χ2v) is 5.11. The third kappa shape index (κ3) is 3.92. The normalized spacial score (nSPS) is 11.3. The number of halogens is 5. The van der Waals surface area contributed by atoms with E-state index < -0.39 is 17.6 Å². The van der Waals surface area contributed by atoms with Crippen molar-refractivity contribution in [2.75, 3.05) is 5.32 Å². The van der Waals surface area contributed by atoms with Crippen molar-refractivity contribution in [3.63, 3.8) is 0 Å². The molecular formula is C12H6BrClF3N3O. The van der Waals surface area contributed by atoms with Gasteiger partial charge in [-0.25, -0.2) is 9.97 Å². The van der Waals surface area contributed by atoms with E-state index in [1.807, 2.05) is 0 Å². The van der Waals surface area contributed by atoms with E-state index in [1.54, 1.807) is 0 Å². The zero-order valence-electron chi connectivity index (χ0n) is 10.1. The van der Waals surface area contributed by atoms with Crippen LogP contribution in [0.1, 0.15) is 15.9 Å². The number of hydrogen-bond acceptors (Lipinski definition) is 3. The summed E-state index contributed by atoms with van der Waals surface area (Å²) < 4.78 is 38.2. The van der Waals surface area contributed by atoms with Crippen LogP contribution in [0.3, 0.4) is 0 Å². The van der Waals surface area contributed by atoms with Gasteiger partial charge in [-0.2, -0.15) is 13.2 Å². The van der Waals surface area contributed by atoms with Crippen LogP contribution in [0.2, 0.25) is 5.15 Å². The molecule has 2 rings (SSSR count). The molecule has 9 heteroatoms. The van der Waals surface area contributed by atoms with Crippen molar-refractivity contribution in [1.29, 1.82) is 0 Å². The Morgan fingerprint density at radius 2 is 1.95 bits per heavy atom. The van der Waals surface area contributed by atoms with Gasteiger partial charge in [0.15, 0.2) is 0 Å². The van der Waals surface area contributed by atoms with Gasteiger partial charge in [-0.3, -0.25) is 4.79 Å². The summed E-state index contributed by atoms with van der Waals surface area (Å²) >= 11 is 8.42. The number of amides is 1. The Morgan fingerprint density at radius 1 is 1.24 bits per heavy atom. The molecule has 21 heavy (non-hydrogen) atoms. The molecule has 0 spiro atoms. The summed E-state index contributed by atoms with van der Waals surface area (Å²) in [7, 11) is 0. The first-order chi connectivity index (χ1) is 9.77. The van der Waals surface area contributed by atoms with Gasteiger partial charge in [0.25, 0.3) is 5.91 Å². The highest BCUT2D eigenvalue weighted by Crippen LogP contribution is 2.35. The zero-order valence-corrected chi connectivity index (χ0v) is 12.4. The number of alkyl halides is 3. The van der Waals surface area contributed by atoms with Crippen molar-refractivity contribution in [3.05, 3.63) is 51.3 Å². The average Bonchev–Trinajstić information content (AvgIpc) is 2.37. The summed E-state index contributed by atoms with van der Waals surface area (Å²) in [6.07, 6.45) is -3.44. The largest absolute Gasteiger partial charge is 0.417 e. The molecule has 1 heterocycles. The van der Waals surface area contributed by atoms with Crippen LogP contribution in [0.25, 0.3) is 0 Å². The molecule has 0 unspecified atom stereocenters. The number of carbonyl (C=O) groups is 1. The van der Waals surface area contributed by atoms with Crippen LogP contribution in [0.5, 0.6) is 0 Å². The van der Waals surface area contributed by atoms with Gasteiger partial charge < -0.3 is 5.32 Å². The highest BCUT2D eigenvalue weighted by Gasteiger charge is 2.33. The van der Waals surface area contributed by atoms with Gasteiger partial charge in [0.2, 0.25) is 0 Å². The molecular weight excluding hydrogens is 375 g/mol. The molecule has 0 saturated carbocycles. The molecule has 1 aromatic heterocycles. The zero-order chi connectivity index (χ0) is 15.6. The minimum atomic E-state index is -4.56. The minimum absolute atomic E-state index is 0.0940. The maximum absolute atomic E-state index is 12.8. The Kier molecular flexibility index (Phi) is 4.48. The Bertz CT molecular complexity index is 694. The summed E-state index contributed by atoms with van der Waals surface area (Å²) in [5.74, 6) is -0.640. The average molecular weight is 381 g/mol. The SMILES string of the molecule is O=C(Nc1cc(Cl)ncn1)c1ccc(Br)c(C(F)(F)F)c1. The van der Waals surface area contributed by atoms with Crippen LogP contribution in [0.15, 0.2) is 35.1 Å². The van der Waals surface area contributed by atoms with Crippen molar-refractivity contribution >= 4 is 39.3 Å². The molecule has 0 fully saturated rings. The third-order valence-electron chi connectivity index (χ3n) is 2.41. The third-order valence-corrected chi connectivity index (χ3v) is 3.31. The molecule has 1 aromatic carbocycles. The van der Waals surface area contributed by atoms with Crippen LogP contribution >= 0.6 is 27.5 Å². The van der Waals surface area contributed by atoms with Crippen molar-refractivity contribution < 1.29 is 18.0 Å². The first-order valence-electron chi connectivity index (χ1n) is 5.43. The van der Waals surface area contributed by atoms with Gasteiger partial charge in [0, 0.05) is 16.1 Å². The number of nitrogens with one attached hydrogen (secondary N) is 1. The van der Waals surface area contributed by atoms with E-state index in [9.17, 15) is 18.0 Å². The van der Waals surface area contributed by atoms with Gasteiger partial charge in [0.05, 0.1) is 5.56 Å². The predicted molar refractivity (Wildman–Crippen MR) is 74.1 cm³/mol. The Balaban J connectivity index is 2.28. The van der Waals surface area contributed by atoms with Gasteiger partial charge in [-0.1, -0.05) is 27.5 Å². The Morgan fingerprint density at radius 3 is 2.57 bits per heavy atom. The first kappa shape index (κ1) is 15.7. The maximum atomic E-state index is 12.8. The van der Waals surface area contributed by atoms with E-state index in [-0.39, 0.29) is 21.0 Å². The summed E-state index contributed by atoms with van der Waals surface area (Å²) in [5.41, 5.74) is -1.09. The number of hydrogen-bond donors (Lipinski definition) is 1. The predicted octanol–water partition coefficient (Wildman–Crippen LogP) is 4.16. The van der Waals surface area contributed by atoms with E-state index >= 15 is 0 Å². The van der Waals surface area contributed by atoms with Crippen molar-refractivity contribution in [3.8, 4) is 0 Å². The Hall–Kier alpha value is -1.67. The molecule has 0 aliphatic carbocycles. The number of aromatic nitrogens is 2. The first-order valence-corrected chi connectivity index (χ1v) is 6.60. The molecule has 1 amide bonds. The standard InChI is InChI=1S/C12H6BrClF3N3O/c13-8-2-1-6(3-7(8)12(15,16)17)11(21)20-10-4-9(14)18-5-19-10/h1-5H,(H,18,19,20,21). The lowest BCUT2D eigenvalue weighted by Gasteiger charge is -2.11. The summed E-state index contributed by atoms with van der Waals surface area (Å²) in [5, 5.41) is 2.44. The highest BCUT2D eigenvalue weighted by atomic mass is 79.9. The smallest absolute Gasteiger partial charge is 0.306 e. The molecule has 0 aliphatic rings. The molecule has 4 nitrogen and oxygen atoms in total. The highest BCUT2D eigenvalue weighted by molar-refractivity contribution is 9.10. The maximum Gasteiger partial charge on any atom is 0.417 e. The molecule has 2 aromatic rings. The Labute approximate surface area is 130 Å². The van der Waals surface area contributed by atoms with Crippen molar-refractivity contribution in [2.24, 2.45) is 0 Å². The van der Waals surface area contributed by atoms with Gasteiger partial charge in [-0.15, -0.1) is 0 Å². The molecule has 1 N–H and O–H groups in total. The number of anilines is 1. The van der Waals surface area contributed by atoms with Crippen LogP contribution < -0.4 is 5.32 Å². The molecule has 0 aliphatic heterocycles. The molecule has 0 saturated heterocycles. The summed E-state index contributed by atoms with van der Waals surface area (Å²) in [6, 6.07) is 4.45. The second-order valence-electron chi connectivity index (χ2n) is 3.87. The van der Waals surface area contributed by atoms with Crippen molar-refractivity contribution in [2.45, 2.75) is 6.18 Å². The fourth-order valence-electron chi connectivity index (χ4n) is 1.47. The van der Waals surface area contributed by atoms with E-state index in [0.717, 1.165) is 18.5 Å². The van der Waals surface area contributed by atoms with Crippen LogP contribution in [-0.2, 0) is 6.18 Å². The van der Waals surface area contributed by atoms with Gasteiger partial charge in [-0.05, 0) is 18.2 Å². The number of nitrogens with zero attached hydrogens (tertiary/aromatic N) is 2. The quantitative estimate of drug-likeness (QED) is 0.796. The number of benzene rings is 1. The van der Waals surface area contributed by atoms with E-state index in [1.165, 1.54) is 12.1 Å². The fourth-order valence-corrected chi connectivity index (χ4v) is 2.09. The fraction of sp³-hybridized carbons (Fsp3) is 0.0833. The van der Waals surface area contributed by atoms with Gasteiger partial charge in [0.1, 0.15) is 17.3 Å². The molecule has 0 atom stereocenters. The molecule has 0 bridgehead atoms. The van der Waals surface area contributed by atoms with E-state index in [0.29, 0.717) is 0 Å². The number of carbonyl (C=O) groups excluding carboxylic acids is 1. The number of rotatable bonds is 2. The second kappa shape index (κ2) is 5.98. The lowest BCUT2D eigenvalue weighted by molar-refractivity contribution is -0.138. The summed E-state index contributed by atoms with van der Waals surface area (Å²) in [4.78, 5) is 19.3. The monoisotopic (exact) mass is 379 g/mol. The van der Waals surface area contributed by atoms with Gasteiger partial charge >= 0.3 is 6.18 Å². The molecule has 110 valence electrons.